The zero-order valence-electron chi connectivity index (χ0n) is 20.4. The van der Waals surface area contributed by atoms with Gasteiger partial charge in [-0.1, -0.05) is 55.8 Å². The highest BCUT2D eigenvalue weighted by Crippen LogP contribution is 2.29. The first kappa shape index (κ1) is 26.1. The first-order valence-electron chi connectivity index (χ1n) is 11.7. The normalized spacial score (nSPS) is 13.3. The van der Waals surface area contributed by atoms with E-state index in [1.807, 2.05) is 24.3 Å². The number of ether oxygens (including phenoxy) is 2. The van der Waals surface area contributed by atoms with Crippen LogP contribution in [0, 0.1) is 0 Å². The molecule has 0 aliphatic rings. The van der Waals surface area contributed by atoms with Crippen LogP contribution in [0.15, 0.2) is 72.8 Å². The van der Waals surface area contributed by atoms with E-state index in [1.165, 1.54) is 0 Å². The van der Waals surface area contributed by atoms with Gasteiger partial charge < -0.3 is 20.1 Å². The molecule has 2 amide bonds. The highest BCUT2D eigenvalue weighted by Gasteiger charge is 2.19. The maximum Gasteiger partial charge on any atom is 0.265 e. The summed E-state index contributed by atoms with van der Waals surface area (Å²) >= 11 is 6.09. The van der Waals surface area contributed by atoms with Gasteiger partial charge in [0.2, 0.25) is 0 Å². The molecule has 0 bridgehead atoms. The smallest absolute Gasteiger partial charge is 0.265 e. The Balaban J connectivity index is 1.55. The molecule has 0 fully saturated rings. The number of hydrogen-bond acceptors (Lipinski definition) is 4. The lowest BCUT2D eigenvalue weighted by Crippen LogP contribution is -2.31. The predicted octanol–water partition coefficient (Wildman–Crippen LogP) is 6.67. The molecule has 2 N–H and O–H groups in total. The monoisotopic (exact) mass is 494 g/mol. The molecule has 0 aliphatic carbocycles. The van der Waals surface area contributed by atoms with E-state index >= 15 is 0 Å². The van der Waals surface area contributed by atoms with Crippen molar-refractivity contribution in [3.63, 3.8) is 0 Å². The third-order valence-electron chi connectivity index (χ3n) is 5.66. The molecule has 6 nitrogen and oxygen atoms in total. The summed E-state index contributed by atoms with van der Waals surface area (Å²) in [5.74, 6) is 0.918. The van der Waals surface area contributed by atoms with Crippen LogP contribution in [-0.2, 0) is 9.59 Å². The standard InChI is InChI=1S/C28H31ClN2O4/c1-5-18(2)23-10-6-8-12-25(23)34-19(3)27(32)30-21-14-16-22(17-15-21)31-28(33)20(4)35-26-13-9-7-11-24(26)29/h6-20H,5H2,1-4H3,(H,30,32)(H,31,33). The van der Waals surface area contributed by atoms with Crippen molar-refractivity contribution >= 4 is 34.8 Å². The Kier molecular flexibility index (Phi) is 9.15. The maximum atomic E-state index is 12.7. The SMILES string of the molecule is CCC(C)c1ccccc1OC(C)C(=O)Nc1ccc(NC(=O)C(C)Oc2ccccc2Cl)cc1. The van der Waals surface area contributed by atoms with E-state index in [9.17, 15) is 9.59 Å². The van der Waals surface area contributed by atoms with Gasteiger partial charge in [-0.2, -0.15) is 0 Å². The number of anilines is 2. The minimum atomic E-state index is -0.745. The summed E-state index contributed by atoms with van der Waals surface area (Å²) in [6.07, 6.45) is -0.442. The van der Waals surface area contributed by atoms with Crippen LogP contribution in [-0.4, -0.2) is 24.0 Å². The van der Waals surface area contributed by atoms with Crippen molar-refractivity contribution in [1.82, 2.24) is 0 Å². The summed E-state index contributed by atoms with van der Waals surface area (Å²) < 4.78 is 11.6. The minimum absolute atomic E-state index is 0.262. The molecule has 3 atom stereocenters. The summed E-state index contributed by atoms with van der Waals surface area (Å²) in [4.78, 5) is 25.2. The summed E-state index contributed by atoms with van der Waals surface area (Å²) in [7, 11) is 0. The Hall–Kier alpha value is -3.51. The predicted molar refractivity (Wildman–Crippen MR) is 140 cm³/mol. The van der Waals surface area contributed by atoms with Crippen molar-refractivity contribution in [3.8, 4) is 11.5 Å². The minimum Gasteiger partial charge on any atom is -0.481 e. The van der Waals surface area contributed by atoms with Crippen LogP contribution in [0.4, 0.5) is 11.4 Å². The third kappa shape index (κ3) is 7.23. The molecule has 0 radical (unpaired) electrons. The summed E-state index contributed by atoms with van der Waals surface area (Å²) in [5, 5.41) is 6.08. The summed E-state index contributed by atoms with van der Waals surface area (Å²) in [6, 6.07) is 21.6. The van der Waals surface area contributed by atoms with E-state index in [4.69, 9.17) is 21.1 Å². The first-order valence-corrected chi connectivity index (χ1v) is 12.0. The average molecular weight is 495 g/mol. The second-order valence-electron chi connectivity index (χ2n) is 8.35. The van der Waals surface area contributed by atoms with Gasteiger partial charge in [-0.05, 0) is 74.2 Å². The van der Waals surface area contributed by atoms with Gasteiger partial charge in [-0.25, -0.2) is 0 Å². The molecule has 35 heavy (non-hydrogen) atoms. The van der Waals surface area contributed by atoms with E-state index in [0.717, 1.165) is 17.7 Å². The van der Waals surface area contributed by atoms with Crippen molar-refractivity contribution in [2.45, 2.75) is 52.2 Å². The Morgan fingerprint density at radius 3 is 1.71 bits per heavy atom. The van der Waals surface area contributed by atoms with Gasteiger partial charge >= 0.3 is 0 Å². The van der Waals surface area contributed by atoms with Crippen molar-refractivity contribution in [1.29, 1.82) is 0 Å². The van der Waals surface area contributed by atoms with Crippen LogP contribution in [0.25, 0.3) is 0 Å². The van der Waals surface area contributed by atoms with Crippen LogP contribution < -0.4 is 20.1 Å². The van der Waals surface area contributed by atoms with Gasteiger partial charge in [0.15, 0.2) is 12.2 Å². The average Bonchev–Trinajstić information content (AvgIpc) is 2.86. The number of carbonyl (C=O) groups excluding carboxylic acids is 2. The lowest BCUT2D eigenvalue weighted by Gasteiger charge is -2.20. The first-order chi connectivity index (χ1) is 16.8. The molecule has 3 aromatic carbocycles. The lowest BCUT2D eigenvalue weighted by atomic mass is 9.98. The maximum absolute atomic E-state index is 12.7. The van der Waals surface area contributed by atoms with Crippen molar-refractivity contribution in [3.05, 3.63) is 83.4 Å². The van der Waals surface area contributed by atoms with Crippen LogP contribution in [0.1, 0.15) is 45.6 Å². The molecule has 0 saturated carbocycles. The fourth-order valence-electron chi connectivity index (χ4n) is 3.37. The Morgan fingerprint density at radius 2 is 1.20 bits per heavy atom. The second kappa shape index (κ2) is 12.3. The molecule has 3 aromatic rings. The zero-order chi connectivity index (χ0) is 25.4. The van der Waals surface area contributed by atoms with E-state index < -0.39 is 12.2 Å². The van der Waals surface area contributed by atoms with Gasteiger partial charge in [0, 0.05) is 11.4 Å². The van der Waals surface area contributed by atoms with Gasteiger partial charge in [0.25, 0.3) is 11.8 Å². The molecular weight excluding hydrogens is 464 g/mol. The summed E-state index contributed by atoms with van der Waals surface area (Å²) in [6.45, 7) is 7.62. The van der Waals surface area contributed by atoms with Gasteiger partial charge in [0.1, 0.15) is 11.5 Å². The van der Waals surface area contributed by atoms with Crippen molar-refractivity contribution in [2.24, 2.45) is 0 Å². The molecular formula is C28H31ClN2O4. The van der Waals surface area contributed by atoms with E-state index in [2.05, 4.69) is 24.5 Å². The van der Waals surface area contributed by atoms with Crippen LogP contribution in [0.2, 0.25) is 5.02 Å². The second-order valence-corrected chi connectivity index (χ2v) is 8.76. The number of carbonyl (C=O) groups is 2. The quantitative estimate of drug-likeness (QED) is 0.330. The van der Waals surface area contributed by atoms with Gasteiger partial charge in [-0.15, -0.1) is 0 Å². The van der Waals surface area contributed by atoms with Crippen LogP contribution >= 0.6 is 11.6 Å². The van der Waals surface area contributed by atoms with E-state index in [0.29, 0.717) is 28.1 Å². The van der Waals surface area contributed by atoms with E-state index in [-0.39, 0.29) is 11.8 Å². The fraction of sp³-hybridized carbons (Fsp3) is 0.286. The largest absolute Gasteiger partial charge is 0.481 e. The number of para-hydroxylation sites is 2. The fourth-order valence-corrected chi connectivity index (χ4v) is 3.55. The van der Waals surface area contributed by atoms with Crippen molar-refractivity contribution < 1.29 is 19.1 Å². The number of hydrogen-bond donors (Lipinski definition) is 2. The molecule has 0 heterocycles. The molecule has 3 rings (SSSR count). The molecule has 0 saturated heterocycles. The Morgan fingerprint density at radius 1 is 0.743 bits per heavy atom. The van der Waals surface area contributed by atoms with Gasteiger partial charge in [0.05, 0.1) is 5.02 Å². The number of amides is 2. The van der Waals surface area contributed by atoms with Crippen LogP contribution in [0.3, 0.4) is 0 Å². The Bertz CT molecular complexity index is 1150. The Labute approximate surface area is 211 Å². The lowest BCUT2D eigenvalue weighted by molar-refractivity contribution is -0.122. The molecule has 3 unspecified atom stereocenters. The molecule has 0 spiro atoms. The molecule has 184 valence electrons. The summed E-state index contributed by atoms with van der Waals surface area (Å²) in [5.41, 5.74) is 2.26. The number of benzene rings is 3. The highest BCUT2D eigenvalue weighted by molar-refractivity contribution is 6.32. The van der Waals surface area contributed by atoms with Crippen molar-refractivity contribution in [2.75, 3.05) is 10.6 Å². The number of rotatable bonds is 10. The molecule has 0 aromatic heterocycles. The molecule has 0 aliphatic heterocycles. The number of nitrogens with one attached hydrogen (secondary N) is 2. The number of halogens is 1. The third-order valence-corrected chi connectivity index (χ3v) is 5.98. The van der Waals surface area contributed by atoms with Crippen LogP contribution in [0.5, 0.6) is 11.5 Å². The zero-order valence-corrected chi connectivity index (χ0v) is 21.1. The topological polar surface area (TPSA) is 76.7 Å². The highest BCUT2D eigenvalue weighted by atomic mass is 35.5. The molecule has 7 heteroatoms. The van der Waals surface area contributed by atoms with E-state index in [1.54, 1.807) is 62.4 Å². The van der Waals surface area contributed by atoms with Gasteiger partial charge in [-0.3, -0.25) is 9.59 Å².